The second-order valence-corrected chi connectivity index (χ2v) is 5.43. The van der Waals surface area contributed by atoms with Crippen molar-refractivity contribution in [2.24, 2.45) is 0 Å². The number of rotatable bonds is 4. The fourth-order valence-electron chi connectivity index (χ4n) is 2.28. The number of Topliss-reactive ketones (excluding diaryl/α,β-unsaturated/α-hetero) is 1. The van der Waals surface area contributed by atoms with Gasteiger partial charge in [0, 0.05) is 18.7 Å². The molecule has 0 aromatic heterocycles. The Morgan fingerprint density at radius 2 is 2.11 bits per heavy atom. The van der Waals surface area contributed by atoms with Crippen LogP contribution in [0.1, 0.15) is 30.1 Å². The van der Waals surface area contributed by atoms with Gasteiger partial charge < -0.3 is 9.84 Å². The quantitative estimate of drug-likeness (QED) is 0.840. The van der Waals surface area contributed by atoms with Gasteiger partial charge in [-0.1, -0.05) is 12.1 Å². The Kier molecular flexibility index (Phi) is 4.22. The van der Waals surface area contributed by atoms with E-state index < -0.39 is 5.60 Å². The highest BCUT2D eigenvalue weighted by Gasteiger charge is 2.28. The molecule has 1 heterocycles. The molecule has 4 nitrogen and oxygen atoms in total. The van der Waals surface area contributed by atoms with Crippen molar-refractivity contribution >= 4 is 5.78 Å². The van der Waals surface area contributed by atoms with E-state index >= 15 is 0 Å². The lowest BCUT2D eigenvalue weighted by molar-refractivity contribution is -0.00420. The van der Waals surface area contributed by atoms with E-state index in [1.165, 1.54) is 0 Å². The van der Waals surface area contributed by atoms with Crippen LogP contribution in [0.25, 0.3) is 0 Å². The number of methoxy groups -OCH3 is 1. The molecule has 1 aliphatic heterocycles. The molecule has 104 valence electrons. The zero-order valence-electron chi connectivity index (χ0n) is 11.6. The van der Waals surface area contributed by atoms with Crippen molar-refractivity contribution in [1.29, 1.82) is 0 Å². The van der Waals surface area contributed by atoms with Gasteiger partial charge in [0.2, 0.25) is 0 Å². The first kappa shape index (κ1) is 14.0. The topological polar surface area (TPSA) is 49.8 Å². The maximum atomic E-state index is 12.2. The van der Waals surface area contributed by atoms with Crippen LogP contribution >= 0.6 is 0 Å². The molecule has 0 bridgehead atoms. The number of hydrogen-bond donors (Lipinski definition) is 1. The summed E-state index contributed by atoms with van der Waals surface area (Å²) in [6.07, 6.45) is 1.44. The Hall–Kier alpha value is -1.39. The van der Waals surface area contributed by atoms with Crippen molar-refractivity contribution in [3.05, 3.63) is 29.8 Å². The second-order valence-electron chi connectivity index (χ2n) is 5.43. The Morgan fingerprint density at radius 3 is 2.74 bits per heavy atom. The minimum atomic E-state index is -0.574. The molecular weight excluding hydrogens is 242 g/mol. The van der Waals surface area contributed by atoms with E-state index in [1.54, 1.807) is 13.2 Å². The molecule has 1 aliphatic rings. The molecule has 0 aliphatic carbocycles. The van der Waals surface area contributed by atoms with Gasteiger partial charge in [0.15, 0.2) is 5.78 Å². The van der Waals surface area contributed by atoms with Crippen LogP contribution in [0, 0.1) is 0 Å². The summed E-state index contributed by atoms with van der Waals surface area (Å²) in [5.41, 5.74) is 0.104. The van der Waals surface area contributed by atoms with Gasteiger partial charge in [-0.2, -0.15) is 0 Å². The molecule has 1 aromatic rings. The van der Waals surface area contributed by atoms with Crippen molar-refractivity contribution in [3.8, 4) is 5.75 Å². The largest absolute Gasteiger partial charge is 0.497 e. The lowest BCUT2D eigenvalue weighted by atomic mass is 9.93. The van der Waals surface area contributed by atoms with E-state index in [9.17, 15) is 9.90 Å². The van der Waals surface area contributed by atoms with Gasteiger partial charge in [-0.3, -0.25) is 9.69 Å². The average molecular weight is 263 g/mol. The standard InChI is InChI=1S/C15H21NO3/c1-15(18)6-8-16(9-7-15)11-14(17)12-4-3-5-13(10-12)19-2/h3-5,10,18H,6-9,11H2,1-2H3. The maximum Gasteiger partial charge on any atom is 0.176 e. The summed E-state index contributed by atoms with van der Waals surface area (Å²) in [5.74, 6) is 0.799. The highest BCUT2D eigenvalue weighted by Crippen LogP contribution is 2.21. The SMILES string of the molecule is COc1cccc(C(=O)CN2CCC(C)(O)CC2)c1. The molecule has 0 unspecified atom stereocenters. The molecule has 1 saturated heterocycles. The fraction of sp³-hybridized carbons (Fsp3) is 0.533. The minimum Gasteiger partial charge on any atom is -0.497 e. The molecule has 0 radical (unpaired) electrons. The number of likely N-dealkylation sites (tertiary alicyclic amines) is 1. The zero-order valence-corrected chi connectivity index (χ0v) is 11.6. The molecule has 0 atom stereocenters. The van der Waals surface area contributed by atoms with Crippen molar-refractivity contribution in [2.45, 2.75) is 25.4 Å². The maximum absolute atomic E-state index is 12.2. The van der Waals surface area contributed by atoms with E-state index in [0.717, 1.165) is 25.9 Å². The number of benzene rings is 1. The first-order valence-electron chi connectivity index (χ1n) is 6.62. The number of hydrogen-bond acceptors (Lipinski definition) is 4. The lowest BCUT2D eigenvalue weighted by Gasteiger charge is -2.35. The summed E-state index contributed by atoms with van der Waals surface area (Å²) in [4.78, 5) is 14.3. The van der Waals surface area contributed by atoms with Gasteiger partial charge in [-0.25, -0.2) is 0 Å². The van der Waals surface area contributed by atoms with E-state index in [1.807, 2.05) is 25.1 Å². The molecule has 1 N–H and O–H groups in total. The summed E-state index contributed by atoms with van der Waals surface area (Å²) in [6.45, 7) is 3.79. The highest BCUT2D eigenvalue weighted by molar-refractivity contribution is 5.97. The smallest absolute Gasteiger partial charge is 0.176 e. The minimum absolute atomic E-state index is 0.0976. The van der Waals surface area contributed by atoms with Gasteiger partial charge in [-0.15, -0.1) is 0 Å². The predicted molar refractivity (Wildman–Crippen MR) is 73.6 cm³/mol. The first-order chi connectivity index (χ1) is 9.00. The third kappa shape index (κ3) is 3.78. The summed E-state index contributed by atoms with van der Waals surface area (Å²) in [7, 11) is 1.59. The zero-order chi connectivity index (χ0) is 13.9. The van der Waals surface area contributed by atoms with Crippen molar-refractivity contribution in [1.82, 2.24) is 4.90 Å². The normalized spacial score (nSPS) is 19.1. The second kappa shape index (κ2) is 5.72. The lowest BCUT2D eigenvalue weighted by Crippen LogP contribution is -2.44. The van der Waals surface area contributed by atoms with Crippen molar-refractivity contribution in [2.75, 3.05) is 26.7 Å². The van der Waals surface area contributed by atoms with Crippen LogP contribution in [0.5, 0.6) is 5.75 Å². The Morgan fingerprint density at radius 1 is 1.42 bits per heavy atom. The van der Waals surface area contributed by atoms with E-state index in [2.05, 4.69) is 4.90 Å². The summed E-state index contributed by atoms with van der Waals surface area (Å²) in [5, 5.41) is 9.88. The molecule has 4 heteroatoms. The number of piperidine rings is 1. The van der Waals surface area contributed by atoms with Crippen LogP contribution in [0.15, 0.2) is 24.3 Å². The van der Waals surface area contributed by atoms with E-state index in [0.29, 0.717) is 17.9 Å². The Labute approximate surface area is 114 Å². The molecule has 0 amide bonds. The molecule has 0 saturated carbocycles. The van der Waals surface area contributed by atoms with Gasteiger partial charge in [-0.05, 0) is 31.9 Å². The van der Waals surface area contributed by atoms with Crippen LogP contribution in [0.2, 0.25) is 0 Å². The van der Waals surface area contributed by atoms with Crippen LogP contribution in [0.4, 0.5) is 0 Å². The van der Waals surface area contributed by atoms with Crippen LogP contribution < -0.4 is 4.74 Å². The summed E-state index contributed by atoms with van der Waals surface area (Å²) < 4.78 is 5.12. The number of ketones is 1. The van der Waals surface area contributed by atoms with Gasteiger partial charge >= 0.3 is 0 Å². The number of aliphatic hydroxyl groups is 1. The molecule has 19 heavy (non-hydrogen) atoms. The summed E-state index contributed by atoms with van der Waals surface area (Å²) in [6, 6.07) is 7.23. The molecular formula is C15H21NO3. The number of ether oxygens (including phenoxy) is 1. The monoisotopic (exact) mass is 263 g/mol. The van der Waals surface area contributed by atoms with Crippen molar-refractivity contribution in [3.63, 3.8) is 0 Å². The molecule has 2 rings (SSSR count). The Balaban J connectivity index is 1.94. The van der Waals surface area contributed by atoms with Gasteiger partial charge in [0.05, 0.1) is 19.3 Å². The van der Waals surface area contributed by atoms with E-state index in [-0.39, 0.29) is 5.78 Å². The first-order valence-corrected chi connectivity index (χ1v) is 6.62. The third-order valence-electron chi connectivity index (χ3n) is 3.69. The number of carbonyl (C=O) groups excluding carboxylic acids is 1. The average Bonchev–Trinajstić information content (AvgIpc) is 2.41. The van der Waals surface area contributed by atoms with Crippen LogP contribution in [-0.2, 0) is 0 Å². The molecule has 1 fully saturated rings. The van der Waals surface area contributed by atoms with Gasteiger partial charge in [0.25, 0.3) is 0 Å². The third-order valence-corrected chi connectivity index (χ3v) is 3.69. The van der Waals surface area contributed by atoms with Crippen molar-refractivity contribution < 1.29 is 14.6 Å². The van der Waals surface area contributed by atoms with Crippen LogP contribution in [-0.4, -0.2) is 48.1 Å². The van der Waals surface area contributed by atoms with Gasteiger partial charge in [0.1, 0.15) is 5.75 Å². The number of carbonyl (C=O) groups is 1. The molecule has 0 spiro atoms. The predicted octanol–water partition coefficient (Wildman–Crippen LogP) is 1.72. The summed E-state index contributed by atoms with van der Waals surface area (Å²) >= 11 is 0. The molecule has 1 aromatic carbocycles. The number of nitrogens with zero attached hydrogens (tertiary/aromatic N) is 1. The Bertz CT molecular complexity index is 446. The fourth-order valence-corrected chi connectivity index (χ4v) is 2.28. The highest BCUT2D eigenvalue weighted by atomic mass is 16.5. The van der Waals surface area contributed by atoms with E-state index in [4.69, 9.17) is 4.74 Å². The van der Waals surface area contributed by atoms with Crippen LogP contribution in [0.3, 0.4) is 0 Å².